The Balaban J connectivity index is 1.87. The second-order valence-corrected chi connectivity index (χ2v) is 7.62. The number of rotatable bonds is 10. The first-order valence-electron chi connectivity index (χ1n) is 10.7. The van der Waals surface area contributed by atoms with Crippen molar-refractivity contribution in [2.24, 2.45) is 0 Å². The molecule has 2 aromatic rings. The van der Waals surface area contributed by atoms with Crippen molar-refractivity contribution >= 4 is 11.8 Å². The van der Waals surface area contributed by atoms with Gasteiger partial charge < -0.3 is 14.2 Å². The number of carbonyl (C=O) groups excluding carboxylic acids is 2. The van der Waals surface area contributed by atoms with E-state index in [1.165, 1.54) is 12.8 Å². The zero-order valence-corrected chi connectivity index (χ0v) is 17.8. The molecule has 0 heterocycles. The smallest absolute Gasteiger partial charge is 0.313 e. The maximum absolute atomic E-state index is 12.6. The second-order valence-electron chi connectivity index (χ2n) is 7.62. The van der Waals surface area contributed by atoms with Gasteiger partial charge in [-0.3, -0.25) is 9.59 Å². The van der Waals surface area contributed by atoms with E-state index < -0.39 is 5.97 Å². The topological polar surface area (TPSA) is 61.8 Å². The number of Topliss-reactive ketones (excluding diaryl/α,β-unsaturated/α-hetero) is 1. The maximum atomic E-state index is 12.6. The Morgan fingerprint density at radius 3 is 2.40 bits per heavy atom. The molecule has 160 valence electrons. The highest BCUT2D eigenvalue weighted by molar-refractivity contribution is 5.96. The molecule has 0 amide bonds. The van der Waals surface area contributed by atoms with Crippen molar-refractivity contribution in [1.82, 2.24) is 0 Å². The fraction of sp³-hybridized carbons (Fsp3) is 0.440. The van der Waals surface area contributed by atoms with Gasteiger partial charge in [-0.15, -0.1) is 0 Å². The molecule has 1 saturated carbocycles. The zero-order chi connectivity index (χ0) is 21.3. The lowest BCUT2D eigenvalue weighted by Crippen LogP contribution is -2.15. The monoisotopic (exact) mass is 410 g/mol. The first kappa shape index (κ1) is 21.9. The summed E-state index contributed by atoms with van der Waals surface area (Å²) in [6.45, 7) is 2.01. The Morgan fingerprint density at radius 1 is 1.00 bits per heavy atom. The zero-order valence-electron chi connectivity index (χ0n) is 17.8. The van der Waals surface area contributed by atoms with Crippen molar-refractivity contribution in [2.45, 2.75) is 57.5 Å². The summed E-state index contributed by atoms with van der Waals surface area (Å²) in [4.78, 5) is 24.4. The van der Waals surface area contributed by atoms with Gasteiger partial charge in [-0.25, -0.2) is 0 Å². The molecule has 1 fully saturated rings. The van der Waals surface area contributed by atoms with Crippen molar-refractivity contribution in [1.29, 1.82) is 0 Å². The third-order valence-electron chi connectivity index (χ3n) is 5.47. The van der Waals surface area contributed by atoms with E-state index in [0.717, 1.165) is 24.0 Å². The molecule has 1 aliphatic carbocycles. The van der Waals surface area contributed by atoms with Crippen LogP contribution in [0.1, 0.15) is 62.5 Å². The molecule has 0 bridgehead atoms. The molecule has 30 heavy (non-hydrogen) atoms. The molecule has 0 radical (unpaired) electrons. The predicted octanol–water partition coefficient (Wildman–Crippen LogP) is 5.06. The lowest BCUT2D eigenvalue weighted by molar-refractivity contribution is -0.145. The van der Waals surface area contributed by atoms with E-state index in [9.17, 15) is 9.59 Å². The molecule has 2 aromatic carbocycles. The van der Waals surface area contributed by atoms with Crippen LogP contribution < -0.4 is 9.47 Å². The van der Waals surface area contributed by atoms with Crippen LogP contribution in [0.5, 0.6) is 11.5 Å². The molecule has 0 spiro atoms. The number of hydrogen-bond acceptors (Lipinski definition) is 5. The van der Waals surface area contributed by atoms with Gasteiger partial charge in [0, 0.05) is 12.3 Å². The van der Waals surface area contributed by atoms with Crippen LogP contribution in [0.15, 0.2) is 48.5 Å². The summed E-state index contributed by atoms with van der Waals surface area (Å²) >= 11 is 0. The van der Waals surface area contributed by atoms with Crippen LogP contribution in [0.2, 0.25) is 0 Å². The van der Waals surface area contributed by atoms with Gasteiger partial charge in [-0.05, 0) is 55.9 Å². The highest BCUT2D eigenvalue weighted by atomic mass is 16.5. The van der Waals surface area contributed by atoms with Crippen molar-refractivity contribution < 1.29 is 23.8 Å². The Morgan fingerprint density at radius 2 is 1.73 bits per heavy atom. The summed E-state index contributed by atoms with van der Waals surface area (Å²) in [6.07, 6.45) is 4.68. The molecule has 3 rings (SSSR count). The fourth-order valence-corrected chi connectivity index (χ4v) is 3.97. The van der Waals surface area contributed by atoms with Crippen molar-refractivity contribution in [2.75, 3.05) is 13.7 Å². The van der Waals surface area contributed by atoms with Gasteiger partial charge in [0.2, 0.25) is 0 Å². The molecule has 5 nitrogen and oxygen atoms in total. The molecule has 5 heteroatoms. The third kappa shape index (κ3) is 5.85. The van der Waals surface area contributed by atoms with Gasteiger partial charge in [0.1, 0.15) is 12.2 Å². The fourth-order valence-electron chi connectivity index (χ4n) is 3.97. The molecule has 0 saturated heterocycles. The van der Waals surface area contributed by atoms with Gasteiger partial charge >= 0.3 is 5.97 Å². The van der Waals surface area contributed by atoms with Gasteiger partial charge in [-0.1, -0.05) is 36.4 Å². The van der Waals surface area contributed by atoms with Crippen LogP contribution in [0.3, 0.4) is 0 Å². The van der Waals surface area contributed by atoms with E-state index in [1.54, 1.807) is 14.0 Å². The van der Waals surface area contributed by atoms with E-state index in [1.807, 2.05) is 48.5 Å². The van der Waals surface area contributed by atoms with Crippen LogP contribution in [0, 0.1) is 0 Å². The molecule has 0 aliphatic heterocycles. The summed E-state index contributed by atoms with van der Waals surface area (Å²) in [7, 11) is 1.63. The standard InChI is InChI=1S/C25H30O5/c1-3-29-25(27)17-20(26)16-22(18-9-5-4-6-10-18)19-13-14-23(28-2)24(15-19)30-21-11-7-8-12-21/h4-6,9-10,13-15,21-22H,3,7-8,11-12,16-17H2,1-2H3. The molecule has 0 N–H and O–H groups in total. The summed E-state index contributed by atoms with van der Waals surface area (Å²) in [5.41, 5.74) is 1.99. The lowest BCUT2D eigenvalue weighted by Gasteiger charge is -2.21. The summed E-state index contributed by atoms with van der Waals surface area (Å²) in [5, 5.41) is 0. The molecule has 1 unspecified atom stereocenters. The van der Waals surface area contributed by atoms with Crippen molar-refractivity contribution in [3.05, 3.63) is 59.7 Å². The number of esters is 1. The van der Waals surface area contributed by atoms with Gasteiger partial charge in [-0.2, -0.15) is 0 Å². The van der Waals surface area contributed by atoms with E-state index in [2.05, 4.69) is 0 Å². The van der Waals surface area contributed by atoms with E-state index in [4.69, 9.17) is 14.2 Å². The van der Waals surface area contributed by atoms with Gasteiger partial charge in [0.25, 0.3) is 0 Å². The minimum atomic E-state index is -0.478. The Kier molecular flexibility index (Phi) is 7.89. The minimum absolute atomic E-state index is 0.142. The summed E-state index contributed by atoms with van der Waals surface area (Å²) < 4.78 is 16.7. The van der Waals surface area contributed by atoms with Crippen LogP contribution in [0.25, 0.3) is 0 Å². The summed E-state index contributed by atoms with van der Waals surface area (Å²) in [6, 6.07) is 15.7. The molecular formula is C25H30O5. The number of ketones is 1. The Bertz CT molecular complexity index is 840. The summed E-state index contributed by atoms with van der Waals surface area (Å²) in [5.74, 6) is 0.603. The largest absolute Gasteiger partial charge is 0.493 e. The number of methoxy groups -OCH3 is 1. The number of carbonyl (C=O) groups is 2. The second kappa shape index (κ2) is 10.8. The lowest BCUT2D eigenvalue weighted by atomic mass is 9.86. The maximum Gasteiger partial charge on any atom is 0.313 e. The molecule has 0 aromatic heterocycles. The van der Waals surface area contributed by atoms with Crippen LogP contribution in [0.4, 0.5) is 0 Å². The Labute approximate surface area is 178 Å². The van der Waals surface area contributed by atoms with Crippen molar-refractivity contribution in [3.8, 4) is 11.5 Å². The number of benzene rings is 2. The third-order valence-corrected chi connectivity index (χ3v) is 5.47. The average molecular weight is 411 g/mol. The van der Waals surface area contributed by atoms with Gasteiger partial charge in [0.05, 0.1) is 19.8 Å². The van der Waals surface area contributed by atoms with Crippen LogP contribution in [-0.4, -0.2) is 31.6 Å². The minimum Gasteiger partial charge on any atom is -0.493 e. The Hall–Kier alpha value is -2.82. The average Bonchev–Trinajstić information content (AvgIpc) is 3.26. The highest BCUT2D eigenvalue weighted by Gasteiger charge is 2.23. The molecular weight excluding hydrogens is 380 g/mol. The first-order chi connectivity index (χ1) is 14.6. The number of ether oxygens (including phenoxy) is 3. The normalized spacial score (nSPS) is 14.9. The van der Waals surface area contributed by atoms with E-state index in [0.29, 0.717) is 11.5 Å². The van der Waals surface area contributed by atoms with E-state index in [-0.39, 0.29) is 37.3 Å². The molecule has 1 atom stereocenters. The van der Waals surface area contributed by atoms with Crippen molar-refractivity contribution in [3.63, 3.8) is 0 Å². The highest BCUT2D eigenvalue weighted by Crippen LogP contribution is 2.37. The van der Waals surface area contributed by atoms with Crippen LogP contribution >= 0.6 is 0 Å². The first-order valence-corrected chi connectivity index (χ1v) is 10.7. The van der Waals surface area contributed by atoms with Gasteiger partial charge in [0.15, 0.2) is 11.5 Å². The number of hydrogen-bond donors (Lipinski definition) is 0. The quantitative estimate of drug-likeness (QED) is 0.405. The molecule has 1 aliphatic rings. The predicted molar refractivity (Wildman–Crippen MR) is 115 cm³/mol. The van der Waals surface area contributed by atoms with Crippen LogP contribution in [-0.2, 0) is 14.3 Å². The SMILES string of the molecule is CCOC(=O)CC(=O)CC(c1ccccc1)c1ccc(OC)c(OC2CCCC2)c1. The van der Waals surface area contributed by atoms with E-state index >= 15 is 0 Å².